The minimum Gasteiger partial charge on any atom is -0.495 e. The molecule has 1 aliphatic heterocycles. The lowest BCUT2D eigenvalue weighted by molar-refractivity contribution is -0.122. The normalized spacial score (nSPS) is 16.5. The molecular formula is C14H9BrClNO3S. The molecule has 4 nitrogen and oxygen atoms in total. The predicted molar refractivity (Wildman–Crippen MR) is 87.2 cm³/mol. The molecule has 21 heavy (non-hydrogen) atoms. The van der Waals surface area contributed by atoms with E-state index in [-0.39, 0.29) is 16.7 Å². The quantitative estimate of drug-likeness (QED) is 0.586. The number of carbonyl (C=O) groups is 2. The van der Waals surface area contributed by atoms with E-state index in [1.54, 1.807) is 18.2 Å². The molecule has 0 N–H and O–H groups in total. The first-order valence-corrected chi connectivity index (χ1v) is 7.68. The molecule has 0 saturated carbocycles. The van der Waals surface area contributed by atoms with Gasteiger partial charge in [-0.1, -0.05) is 33.5 Å². The largest absolute Gasteiger partial charge is 0.495 e. The maximum Gasteiger partial charge on any atom is 0.294 e. The molecule has 0 spiro atoms. The summed E-state index contributed by atoms with van der Waals surface area (Å²) in [5.74, 6) is 2.30. The van der Waals surface area contributed by atoms with Crippen molar-refractivity contribution in [3.8, 4) is 18.1 Å². The van der Waals surface area contributed by atoms with Gasteiger partial charge in [0.1, 0.15) is 5.75 Å². The summed E-state index contributed by atoms with van der Waals surface area (Å²) in [5.41, 5.74) is 0.600. The second kappa shape index (κ2) is 6.56. The molecule has 2 rings (SSSR count). The molecule has 1 aliphatic rings. The highest BCUT2D eigenvalue weighted by atomic mass is 79.9. The number of amides is 2. The third-order valence-corrected chi connectivity index (χ3v) is 4.30. The smallest absolute Gasteiger partial charge is 0.294 e. The maximum absolute atomic E-state index is 12.1. The van der Waals surface area contributed by atoms with E-state index in [4.69, 9.17) is 22.8 Å². The Bertz CT molecular complexity index is 696. The van der Waals surface area contributed by atoms with Crippen LogP contribution in [-0.2, 0) is 4.79 Å². The van der Waals surface area contributed by atoms with Crippen molar-refractivity contribution in [2.75, 3.05) is 13.7 Å². The second-order valence-corrected chi connectivity index (χ2v) is 6.30. The Hall–Kier alpha value is -1.42. The summed E-state index contributed by atoms with van der Waals surface area (Å²) in [6, 6.07) is 3.43. The molecule has 0 aliphatic carbocycles. The number of rotatable bonds is 3. The van der Waals surface area contributed by atoms with Gasteiger partial charge >= 0.3 is 0 Å². The lowest BCUT2D eigenvalue weighted by Gasteiger charge is -2.09. The maximum atomic E-state index is 12.1. The van der Waals surface area contributed by atoms with Crippen molar-refractivity contribution >= 4 is 56.5 Å². The van der Waals surface area contributed by atoms with Crippen LogP contribution in [0, 0.1) is 12.3 Å². The van der Waals surface area contributed by atoms with Gasteiger partial charge in [0.15, 0.2) is 0 Å². The number of halogens is 2. The first-order chi connectivity index (χ1) is 9.97. The van der Waals surface area contributed by atoms with Crippen LogP contribution in [0.25, 0.3) is 6.08 Å². The number of methoxy groups -OCH3 is 1. The molecule has 1 aromatic rings. The summed E-state index contributed by atoms with van der Waals surface area (Å²) in [4.78, 5) is 25.1. The zero-order chi connectivity index (χ0) is 15.6. The van der Waals surface area contributed by atoms with Crippen LogP contribution >= 0.6 is 39.3 Å². The average molecular weight is 387 g/mol. The minimum absolute atomic E-state index is 0.0433. The molecule has 1 fully saturated rings. The lowest BCUT2D eigenvalue weighted by atomic mass is 10.2. The zero-order valence-corrected chi connectivity index (χ0v) is 14.0. The lowest BCUT2D eigenvalue weighted by Crippen LogP contribution is -2.28. The van der Waals surface area contributed by atoms with Gasteiger partial charge < -0.3 is 4.74 Å². The van der Waals surface area contributed by atoms with Crippen LogP contribution in [0.2, 0.25) is 5.02 Å². The van der Waals surface area contributed by atoms with E-state index in [1.807, 2.05) is 0 Å². The van der Waals surface area contributed by atoms with Crippen molar-refractivity contribution in [1.29, 1.82) is 0 Å². The molecule has 0 unspecified atom stereocenters. The van der Waals surface area contributed by atoms with Crippen molar-refractivity contribution in [2.24, 2.45) is 0 Å². The van der Waals surface area contributed by atoms with Gasteiger partial charge in [-0.05, 0) is 30.0 Å². The average Bonchev–Trinajstić information content (AvgIpc) is 2.66. The number of nitrogens with zero attached hydrogens (tertiary/aromatic N) is 1. The van der Waals surface area contributed by atoms with E-state index < -0.39 is 5.91 Å². The van der Waals surface area contributed by atoms with Gasteiger partial charge in [0.25, 0.3) is 11.1 Å². The van der Waals surface area contributed by atoms with Gasteiger partial charge in [-0.2, -0.15) is 0 Å². The molecule has 0 bridgehead atoms. The molecule has 0 radical (unpaired) electrons. The molecule has 1 aromatic carbocycles. The summed E-state index contributed by atoms with van der Waals surface area (Å²) in [5, 5.41) is 0.0187. The Kier molecular flexibility index (Phi) is 4.99. The number of carbonyl (C=O) groups excluding carboxylic acids is 2. The van der Waals surface area contributed by atoms with Crippen LogP contribution in [0.3, 0.4) is 0 Å². The van der Waals surface area contributed by atoms with Crippen LogP contribution in [0.5, 0.6) is 5.75 Å². The highest BCUT2D eigenvalue weighted by Gasteiger charge is 2.34. The fourth-order valence-corrected chi connectivity index (χ4v) is 3.51. The van der Waals surface area contributed by atoms with Gasteiger partial charge in [0.2, 0.25) is 0 Å². The van der Waals surface area contributed by atoms with Gasteiger partial charge in [-0.15, -0.1) is 6.42 Å². The molecule has 0 aromatic heterocycles. The number of hydrogen-bond donors (Lipinski definition) is 0. The first kappa shape index (κ1) is 16.0. The van der Waals surface area contributed by atoms with E-state index in [0.29, 0.717) is 16.3 Å². The van der Waals surface area contributed by atoms with Crippen molar-refractivity contribution in [3.05, 3.63) is 32.1 Å². The van der Waals surface area contributed by atoms with E-state index in [0.717, 1.165) is 21.1 Å². The van der Waals surface area contributed by atoms with Gasteiger partial charge in [0, 0.05) is 10.0 Å². The van der Waals surface area contributed by atoms with Crippen LogP contribution in [0.4, 0.5) is 4.79 Å². The Morgan fingerprint density at radius 1 is 1.52 bits per heavy atom. The third-order valence-electron chi connectivity index (χ3n) is 2.65. The highest BCUT2D eigenvalue weighted by molar-refractivity contribution is 9.10. The van der Waals surface area contributed by atoms with Gasteiger partial charge in [0.05, 0.1) is 23.6 Å². The second-order valence-electron chi connectivity index (χ2n) is 3.98. The topological polar surface area (TPSA) is 46.6 Å². The molecule has 0 atom stereocenters. The molecule has 1 heterocycles. The van der Waals surface area contributed by atoms with Crippen LogP contribution in [-0.4, -0.2) is 29.7 Å². The minimum atomic E-state index is -0.416. The van der Waals surface area contributed by atoms with E-state index in [2.05, 4.69) is 21.9 Å². The Morgan fingerprint density at radius 2 is 2.24 bits per heavy atom. The fourth-order valence-electron chi connectivity index (χ4n) is 1.77. The Morgan fingerprint density at radius 3 is 2.86 bits per heavy atom. The number of terminal acetylenes is 1. The zero-order valence-electron chi connectivity index (χ0n) is 10.9. The molecule has 2 amide bonds. The van der Waals surface area contributed by atoms with Crippen molar-refractivity contribution < 1.29 is 14.3 Å². The van der Waals surface area contributed by atoms with Crippen molar-refractivity contribution in [1.82, 2.24) is 4.90 Å². The molecular weight excluding hydrogens is 378 g/mol. The number of imide groups is 1. The van der Waals surface area contributed by atoms with E-state index >= 15 is 0 Å². The van der Waals surface area contributed by atoms with Gasteiger partial charge in [-0.3, -0.25) is 14.5 Å². The number of benzene rings is 1. The van der Waals surface area contributed by atoms with Crippen molar-refractivity contribution in [2.45, 2.75) is 0 Å². The predicted octanol–water partition coefficient (Wildman–Crippen LogP) is 3.78. The van der Waals surface area contributed by atoms with E-state index in [1.165, 1.54) is 7.11 Å². The third kappa shape index (κ3) is 3.26. The summed E-state index contributed by atoms with van der Waals surface area (Å²) in [7, 11) is 1.48. The molecule has 7 heteroatoms. The summed E-state index contributed by atoms with van der Waals surface area (Å²) >= 11 is 10.2. The van der Waals surface area contributed by atoms with Crippen LogP contribution < -0.4 is 4.74 Å². The van der Waals surface area contributed by atoms with Crippen LogP contribution in [0.15, 0.2) is 21.5 Å². The number of ether oxygens (including phenoxy) is 1. The Balaban J connectivity index is 2.44. The summed E-state index contributed by atoms with van der Waals surface area (Å²) in [6.07, 6.45) is 6.71. The van der Waals surface area contributed by atoms with Gasteiger partial charge in [-0.25, -0.2) is 0 Å². The number of thioether (sulfide) groups is 1. The number of hydrogen-bond acceptors (Lipinski definition) is 4. The first-order valence-electron chi connectivity index (χ1n) is 5.69. The van der Waals surface area contributed by atoms with E-state index in [9.17, 15) is 9.59 Å². The van der Waals surface area contributed by atoms with Crippen molar-refractivity contribution in [3.63, 3.8) is 0 Å². The van der Waals surface area contributed by atoms with Crippen LogP contribution in [0.1, 0.15) is 5.56 Å². The monoisotopic (exact) mass is 385 g/mol. The SMILES string of the molecule is C#CCN1C(=O)S/C(=C\c2cc(Br)cc(Cl)c2OC)C1=O. The molecule has 1 saturated heterocycles. The fraction of sp³-hybridized carbons (Fsp3) is 0.143. The molecule has 108 valence electrons. The summed E-state index contributed by atoms with van der Waals surface area (Å²) in [6.45, 7) is -0.0433. The summed E-state index contributed by atoms with van der Waals surface area (Å²) < 4.78 is 5.97. The highest BCUT2D eigenvalue weighted by Crippen LogP contribution is 2.37. The standard InChI is InChI=1S/C14H9BrClNO3S/c1-3-4-17-13(18)11(21-14(17)19)6-8-5-9(15)7-10(16)12(8)20-2/h1,5-7H,4H2,2H3/b11-6-. The Labute approximate surface area is 139 Å².